The molecule has 55 heavy (non-hydrogen) atoms. The monoisotopic (exact) mass is 779 g/mol. The summed E-state index contributed by atoms with van der Waals surface area (Å²) in [5.74, 6) is -0.566. The molecule has 0 radical (unpaired) electrons. The number of aliphatic hydroxyl groups is 1. The van der Waals surface area contributed by atoms with Gasteiger partial charge in [-0.15, -0.1) is 0 Å². The van der Waals surface area contributed by atoms with Crippen molar-refractivity contribution in [3.63, 3.8) is 0 Å². The van der Waals surface area contributed by atoms with Crippen molar-refractivity contribution in [1.29, 1.82) is 0 Å². The van der Waals surface area contributed by atoms with E-state index in [9.17, 15) is 24.3 Å². The number of hydrogen-bond acceptors (Lipinski definition) is 6. The predicted octanol–water partition coefficient (Wildman–Crippen LogP) is 10.0. The summed E-state index contributed by atoms with van der Waals surface area (Å²) in [6, 6.07) is 0. The molecule has 9 nitrogen and oxygen atoms in total. The molecule has 0 atom stereocenters. The average molecular weight is 779 g/mol. The molecular formula is C46H90N4O5. The predicted molar refractivity (Wildman–Crippen MR) is 231 cm³/mol. The van der Waals surface area contributed by atoms with Crippen LogP contribution in [0.2, 0.25) is 0 Å². The van der Waals surface area contributed by atoms with Crippen LogP contribution in [0.3, 0.4) is 0 Å². The molecular weight excluding hydrogens is 689 g/mol. The normalized spacial score (nSPS) is 11.2. The van der Waals surface area contributed by atoms with E-state index in [1.165, 1.54) is 135 Å². The number of hydrogen-bond donors (Lipinski definition) is 2. The molecule has 0 bridgehead atoms. The molecule has 0 aromatic carbocycles. The van der Waals surface area contributed by atoms with E-state index < -0.39 is 0 Å². The molecule has 0 fully saturated rings. The Hall–Kier alpha value is -2.00. The Morgan fingerprint density at radius 3 is 1.05 bits per heavy atom. The van der Waals surface area contributed by atoms with Crippen LogP contribution in [0.1, 0.15) is 213 Å². The summed E-state index contributed by atoms with van der Waals surface area (Å²) in [5.41, 5.74) is 0. The molecule has 0 saturated carbocycles. The van der Waals surface area contributed by atoms with Crippen LogP contribution >= 0.6 is 0 Å². The Balaban J connectivity index is 5.31. The minimum absolute atomic E-state index is 0.0381. The van der Waals surface area contributed by atoms with Gasteiger partial charge >= 0.3 is 0 Å². The summed E-state index contributed by atoms with van der Waals surface area (Å²) < 4.78 is 0. The fourth-order valence-corrected chi connectivity index (χ4v) is 7.27. The van der Waals surface area contributed by atoms with Crippen molar-refractivity contribution in [3.05, 3.63) is 0 Å². The first-order chi connectivity index (χ1) is 26.9. The molecule has 0 aliphatic heterocycles. The number of amides is 3. The maximum atomic E-state index is 14.0. The fraction of sp³-hybridized carbons (Fsp3) is 0.913. The lowest BCUT2D eigenvalue weighted by Gasteiger charge is -2.29. The van der Waals surface area contributed by atoms with Gasteiger partial charge < -0.3 is 29.9 Å². The van der Waals surface area contributed by atoms with Crippen LogP contribution in [0.15, 0.2) is 0 Å². The fourth-order valence-electron chi connectivity index (χ4n) is 7.27. The first kappa shape index (κ1) is 53.0. The summed E-state index contributed by atoms with van der Waals surface area (Å²) in [7, 11) is 0. The van der Waals surface area contributed by atoms with Crippen molar-refractivity contribution in [2.24, 2.45) is 0 Å². The van der Waals surface area contributed by atoms with Crippen molar-refractivity contribution in [3.8, 4) is 0 Å². The van der Waals surface area contributed by atoms with Gasteiger partial charge in [0.2, 0.25) is 17.7 Å². The number of rotatable bonds is 43. The molecule has 0 aliphatic carbocycles. The van der Waals surface area contributed by atoms with E-state index in [0.29, 0.717) is 26.2 Å². The minimum atomic E-state index is -0.211. The number of nitrogens with zero attached hydrogens (tertiary/aromatic N) is 3. The molecule has 0 aromatic rings. The van der Waals surface area contributed by atoms with Gasteiger partial charge in [-0.2, -0.15) is 0 Å². The van der Waals surface area contributed by atoms with E-state index in [-0.39, 0.29) is 50.5 Å². The molecule has 324 valence electrons. The first-order valence-electron chi connectivity index (χ1n) is 23.5. The number of nitrogens with one attached hydrogen (secondary N) is 1. The Labute approximate surface area is 339 Å². The highest BCUT2D eigenvalue weighted by molar-refractivity contribution is 5.89. The highest BCUT2D eigenvalue weighted by Crippen LogP contribution is 2.14. The maximum Gasteiger partial charge on any atom is 0.242 e. The molecule has 3 amide bonds. The molecule has 0 saturated heterocycles. The summed E-state index contributed by atoms with van der Waals surface area (Å²) in [6.45, 7) is 8.44. The van der Waals surface area contributed by atoms with E-state index in [2.05, 4.69) is 26.1 Å². The van der Waals surface area contributed by atoms with Crippen molar-refractivity contribution >= 4 is 24.0 Å². The van der Waals surface area contributed by atoms with Crippen LogP contribution in [-0.2, 0) is 19.2 Å². The zero-order valence-corrected chi connectivity index (χ0v) is 36.6. The van der Waals surface area contributed by atoms with Crippen LogP contribution in [0, 0.1) is 0 Å². The van der Waals surface area contributed by atoms with Crippen molar-refractivity contribution in [2.45, 2.75) is 213 Å². The van der Waals surface area contributed by atoms with E-state index in [1.807, 2.05) is 0 Å². The number of unbranched alkanes of at least 4 members (excludes halogenated alkanes) is 27. The van der Waals surface area contributed by atoms with Gasteiger partial charge in [0.1, 0.15) is 6.29 Å². The average Bonchev–Trinajstić information content (AvgIpc) is 3.18. The van der Waals surface area contributed by atoms with Gasteiger partial charge in [-0.05, 0) is 19.3 Å². The Morgan fingerprint density at radius 1 is 0.436 bits per heavy atom. The maximum absolute atomic E-state index is 14.0. The molecule has 0 spiro atoms. The summed E-state index contributed by atoms with van der Waals surface area (Å²) in [6.07, 6.45) is 36.5. The van der Waals surface area contributed by atoms with Crippen LogP contribution in [-0.4, -0.2) is 103 Å². The van der Waals surface area contributed by atoms with Gasteiger partial charge in [0.25, 0.3) is 0 Å². The van der Waals surface area contributed by atoms with E-state index >= 15 is 0 Å². The number of aliphatic hydroxyl groups excluding tert-OH is 1. The third-order valence-corrected chi connectivity index (χ3v) is 10.9. The third-order valence-electron chi connectivity index (χ3n) is 10.9. The Morgan fingerprint density at radius 2 is 0.727 bits per heavy atom. The molecule has 0 rings (SSSR count). The van der Waals surface area contributed by atoms with Crippen LogP contribution in [0.4, 0.5) is 0 Å². The van der Waals surface area contributed by atoms with Gasteiger partial charge in [0, 0.05) is 26.2 Å². The highest BCUT2D eigenvalue weighted by Gasteiger charge is 2.24. The number of carbonyl (C=O) groups excluding carboxylic acids is 4. The van der Waals surface area contributed by atoms with Gasteiger partial charge in [0.15, 0.2) is 0 Å². The lowest BCUT2D eigenvalue weighted by atomic mass is 10.1. The van der Waals surface area contributed by atoms with Crippen LogP contribution in [0.5, 0.6) is 0 Å². The summed E-state index contributed by atoms with van der Waals surface area (Å²) in [5, 5.41) is 12.2. The quantitative estimate of drug-likeness (QED) is 0.0471. The zero-order valence-electron chi connectivity index (χ0n) is 36.6. The van der Waals surface area contributed by atoms with Crippen molar-refractivity contribution in [1.82, 2.24) is 20.0 Å². The SMILES string of the molecule is CCCCCCCCCCCCN(CC=O)C(=O)CN(CCCCCCCCCCCC)C(=O)CN(CCCCCCCCCCCC)C(=O)CNCCO. The topological polar surface area (TPSA) is 110 Å². The standard InChI is InChI=1S/C46H90N4O5/c1-4-7-10-13-16-19-22-25-28-31-35-48(38-40-52)45(54)42-50(37-33-30-27-24-21-18-15-12-9-6-3)46(55)43-49(44(53)41-47-34-39-51)36-32-29-26-23-20-17-14-11-8-5-2/h40,47,51H,4-39,41-43H2,1-3H3. The molecule has 9 heteroatoms. The van der Waals surface area contributed by atoms with Gasteiger partial charge in [-0.25, -0.2) is 0 Å². The molecule has 0 aromatic heterocycles. The van der Waals surface area contributed by atoms with Gasteiger partial charge in [0.05, 0.1) is 32.8 Å². The van der Waals surface area contributed by atoms with Crippen LogP contribution < -0.4 is 5.32 Å². The Bertz CT molecular complexity index is 888. The summed E-state index contributed by atoms with van der Waals surface area (Å²) in [4.78, 5) is 57.4. The largest absolute Gasteiger partial charge is 0.395 e. The lowest BCUT2D eigenvalue weighted by Crippen LogP contribution is -2.49. The van der Waals surface area contributed by atoms with Crippen LogP contribution in [0.25, 0.3) is 0 Å². The van der Waals surface area contributed by atoms with E-state index in [4.69, 9.17) is 0 Å². The Kier molecular flexibility index (Phi) is 40.1. The molecule has 0 heterocycles. The molecule has 0 unspecified atom stereocenters. The summed E-state index contributed by atoms with van der Waals surface area (Å²) >= 11 is 0. The van der Waals surface area contributed by atoms with E-state index in [1.54, 1.807) is 14.7 Å². The second-order valence-corrected chi connectivity index (χ2v) is 16.1. The number of carbonyl (C=O) groups is 4. The second kappa shape index (κ2) is 41.6. The molecule has 2 N–H and O–H groups in total. The lowest BCUT2D eigenvalue weighted by molar-refractivity contribution is -0.144. The van der Waals surface area contributed by atoms with Crippen molar-refractivity contribution in [2.75, 3.05) is 59.0 Å². The highest BCUT2D eigenvalue weighted by atomic mass is 16.3. The minimum Gasteiger partial charge on any atom is -0.395 e. The third kappa shape index (κ3) is 33.8. The zero-order chi connectivity index (χ0) is 40.5. The van der Waals surface area contributed by atoms with Gasteiger partial charge in [-0.1, -0.05) is 194 Å². The molecule has 0 aliphatic rings. The van der Waals surface area contributed by atoms with Gasteiger partial charge in [-0.3, -0.25) is 14.4 Å². The second-order valence-electron chi connectivity index (χ2n) is 16.1. The van der Waals surface area contributed by atoms with Crippen molar-refractivity contribution < 1.29 is 24.3 Å². The first-order valence-corrected chi connectivity index (χ1v) is 23.5. The van der Waals surface area contributed by atoms with E-state index in [0.717, 1.165) is 64.1 Å². The smallest absolute Gasteiger partial charge is 0.242 e. The number of aldehydes is 1.